The molecule has 122 valence electrons. The molecule has 2 N–H and O–H groups in total. The number of amides is 1. The van der Waals surface area contributed by atoms with Crippen LogP contribution in [0.15, 0.2) is 24.3 Å². The van der Waals surface area contributed by atoms with Crippen LogP contribution >= 0.6 is 0 Å². The molecule has 1 fully saturated rings. The number of ether oxygens (including phenoxy) is 2. The lowest BCUT2D eigenvalue weighted by Gasteiger charge is -2.12. The predicted molar refractivity (Wildman–Crippen MR) is 83.3 cm³/mol. The van der Waals surface area contributed by atoms with Gasteiger partial charge in [0.1, 0.15) is 23.6 Å². The Balaban J connectivity index is 2.02. The molecular weight excluding hydrogens is 296 g/mol. The molecular formula is C16H20N4O3. The highest BCUT2D eigenvalue weighted by Crippen LogP contribution is 2.47. The van der Waals surface area contributed by atoms with Gasteiger partial charge in [0.05, 0.1) is 12.8 Å². The molecule has 0 spiro atoms. The number of methoxy groups -OCH3 is 1. The summed E-state index contributed by atoms with van der Waals surface area (Å²) in [5, 5.41) is 4.49. The zero-order chi connectivity index (χ0) is 16.4. The molecule has 0 aliphatic heterocycles. The third-order valence-corrected chi connectivity index (χ3v) is 4.05. The first kappa shape index (κ1) is 15.5. The van der Waals surface area contributed by atoms with Crippen LogP contribution in [0.3, 0.4) is 0 Å². The molecule has 7 nitrogen and oxygen atoms in total. The van der Waals surface area contributed by atoms with Crippen LogP contribution in [-0.2, 0) is 21.6 Å². The molecule has 1 saturated carbocycles. The molecule has 1 aromatic heterocycles. The van der Waals surface area contributed by atoms with Gasteiger partial charge in [-0.15, -0.1) is 5.10 Å². The maximum atomic E-state index is 11.9. The Morgan fingerprint density at radius 3 is 2.57 bits per heavy atom. The van der Waals surface area contributed by atoms with Crippen molar-refractivity contribution in [3.63, 3.8) is 0 Å². The lowest BCUT2D eigenvalue weighted by atomic mass is 10.1. The first-order valence-corrected chi connectivity index (χ1v) is 7.59. The van der Waals surface area contributed by atoms with Gasteiger partial charge in [-0.2, -0.15) is 0 Å². The molecule has 1 aromatic carbocycles. The molecule has 0 bridgehead atoms. The fourth-order valence-electron chi connectivity index (χ4n) is 2.53. The Bertz CT molecular complexity index is 705. The van der Waals surface area contributed by atoms with Crippen molar-refractivity contribution in [2.45, 2.75) is 31.8 Å². The van der Waals surface area contributed by atoms with E-state index >= 15 is 0 Å². The molecule has 1 amide bonds. The highest BCUT2D eigenvalue weighted by molar-refractivity contribution is 5.89. The van der Waals surface area contributed by atoms with E-state index in [1.54, 1.807) is 11.8 Å². The summed E-state index contributed by atoms with van der Waals surface area (Å²) >= 11 is 0. The number of primary amides is 1. The first-order valence-electron chi connectivity index (χ1n) is 7.59. The van der Waals surface area contributed by atoms with Gasteiger partial charge in [-0.3, -0.25) is 4.79 Å². The molecule has 1 aliphatic rings. The average molecular weight is 316 g/mol. The maximum absolute atomic E-state index is 11.9. The van der Waals surface area contributed by atoms with E-state index in [9.17, 15) is 4.79 Å². The van der Waals surface area contributed by atoms with Gasteiger partial charge in [0.15, 0.2) is 5.82 Å². The minimum absolute atomic E-state index is 0.307. The standard InChI is InChI=1S/C16H20N4O3/c1-3-23-10-13-18-15(16(8-9-16)14(17)21)20(19-13)11-4-6-12(22-2)7-5-11/h4-7H,3,8-10H2,1-2H3,(H2,17,21). The fraction of sp³-hybridized carbons (Fsp3) is 0.438. The molecule has 23 heavy (non-hydrogen) atoms. The van der Waals surface area contributed by atoms with E-state index in [-0.39, 0.29) is 5.91 Å². The highest BCUT2D eigenvalue weighted by atomic mass is 16.5. The summed E-state index contributed by atoms with van der Waals surface area (Å²) < 4.78 is 12.2. The average Bonchev–Trinajstić information content (AvgIpc) is 3.28. The van der Waals surface area contributed by atoms with Crippen LogP contribution in [0.25, 0.3) is 5.69 Å². The Morgan fingerprint density at radius 2 is 2.04 bits per heavy atom. The Labute approximate surface area is 134 Å². The number of benzene rings is 1. The van der Waals surface area contributed by atoms with E-state index in [1.807, 2.05) is 31.2 Å². The molecule has 0 saturated heterocycles. The minimum Gasteiger partial charge on any atom is -0.497 e. The Hall–Kier alpha value is -2.41. The van der Waals surface area contributed by atoms with Gasteiger partial charge in [-0.05, 0) is 44.0 Å². The SMILES string of the molecule is CCOCc1nc(C2(C(N)=O)CC2)n(-c2ccc(OC)cc2)n1. The molecule has 3 rings (SSSR count). The van der Waals surface area contributed by atoms with Gasteiger partial charge in [0.2, 0.25) is 5.91 Å². The van der Waals surface area contributed by atoms with Crippen molar-refractivity contribution in [1.29, 1.82) is 0 Å². The predicted octanol–water partition coefficient (Wildman–Crippen LogP) is 1.33. The van der Waals surface area contributed by atoms with Gasteiger partial charge >= 0.3 is 0 Å². The topological polar surface area (TPSA) is 92.3 Å². The Kier molecular flexibility index (Phi) is 4.04. The summed E-state index contributed by atoms with van der Waals surface area (Å²) in [4.78, 5) is 16.4. The van der Waals surface area contributed by atoms with Crippen LogP contribution in [0.4, 0.5) is 0 Å². The summed E-state index contributed by atoms with van der Waals surface area (Å²) in [6.45, 7) is 2.79. The molecule has 0 atom stereocenters. The number of carbonyl (C=O) groups is 1. The van der Waals surface area contributed by atoms with E-state index in [1.165, 1.54) is 0 Å². The summed E-state index contributed by atoms with van der Waals surface area (Å²) in [6.07, 6.45) is 1.40. The van der Waals surface area contributed by atoms with E-state index in [4.69, 9.17) is 15.2 Å². The van der Waals surface area contributed by atoms with Gasteiger partial charge < -0.3 is 15.2 Å². The smallest absolute Gasteiger partial charge is 0.231 e. The van der Waals surface area contributed by atoms with Crippen LogP contribution in [-0.4, -0.2) is 34.4 Å². The number of hydrogen-bond donors (Lipinski definition) is 1. The van der Waals surface area contributed by atoms with E-state index in [0.717, 1.165) is 11.4 Å². The highest BCUT2D eigenvalue weighted by Gasteiger charge is 2.54. The van der Waals surface area contributed by atoms with Crippen molar-refractivity contribution in [2.24, 2.45) is 5.73 Å². The van der Waals surface area contributed by atoms with Gasteiger partial charge in [-0.25, -0.2) is 9.67 Å². The van der Waals surface area contributed by atoms with Crippen LogP contribution in [0.5, 0.6) is 5.75 Å². The molecule has 2 aromatic rings. The van der Waals surface area contributed by atoms with Crippen molar-refractivity contribution in [2.75, 3.05) is 13.7 Å². The fourth-order valence-corrected chi connectivity index (χ4v) is 2.53. The van der Waals surface area contributed by atoms with Gasteiger partial charge in [-0.1, -0.05) is 0 Å². The number of aromatic nitrogens is 3. The zero-order valence-corrected chi connectivity index (χ0v) is 13.3. The second kappa shape index (κ2) is 6.00. The van der Waals surface area contributed by atoms with Crippen LogP contribution in [0, 0.1) is 0 Å². The van der Waals surface area contributed by atoms with Gasteiger partial charge in [0.25, 0.3) is 0 Å². The summed E-state index contributed by atoms with van der Waals surface area (Å²) in [7, 11) is 1.61. The van der Waals surface area contributed by atoms with Crippen molar-refractivity contribution in [1.82, 2.24) is 14.8 Å². The third kappa shape index (κ3) is 2.79. The summed E-state index contributed by atoms with van der Waals surface area (Å²) in [6, 6.07) is 7.43. The second-order valence-corrected chi connectivity index (χ2v) is 5.54. The number of nitrogens with two attached hydrogens (primary N) is 1. The molecule has 0 radical (unpaired) electrons. The number of hydrogen-bond acceptors (Lipinski definition) is 5. The quantitative estimate of drug-likeness (QED) is 0.832. The van der Waals surface area contributed by atoms with Gasteiger partial charge in [0, 0.05) is 6.61 Å². The minimum atomic E-state index is -0.711. The number of nitrogens with zero attached hydrogens (tertiary/aromatic N) is 3. The summed E-state index contributed by atoms with van der Waals surface area (Å²) in [5.74, 6) is 1.53. The third-order valence-electron chi connectivity index (χ3n) is 4.05. The largest absolute Gasteiger partial charge is 0.497 e. The number of rotatable bonds is 7. The monoisotopic (exact) mass is 316 g/mol. The molecule has 1 aliphatic carbocycles. The van der Waals surface area contributed by atoms with Crippen molar-refractivity contribution >= 4 is 5.91 Å². The molecule has 1 heterocycles. The Morgan fingerprint density at radius 1 is 1.35 bits per heavy atom. The lowest BCUT2D eigenvalue weighted by Crippen LogP contribution is -2.31. The van der Waals surface area contributed by atoms with E-state index in [2.05, 4.69) is 10.1 Å². The van der Waals surface area contributed by atoms with Crippen LogP contribution < -0.4 is 10.5 Å². The molecule has 0 unspecified atom stereocenters. The lowest BCUT2D eigenvalue weighted by molar-refractivity contribution is -0.120. The normalized spacial score (nSPS) is 15.4. The number of carbonyl (C=O) groups excluding carboxylic acids is 1. The van der Waals surface area contributed by atoms with Crippen molar-refractivity contribution in [3.05, 3.63) is 35.9 Å². The molecule has 7 heteroatoms. The van der Waals surface area contributed by atoms with Crippen molar-refractivity contribution in [3.8, 4) is 11.4 Å². The van der Waals surface area contributed by atoms with E-state index < -0.39 is 5.41 Å². The zero-order valence-electron chi connectivity index (χ0n) is 13.3. The van der Waals surface area contributed by atoms with Crippen LogP contribution in [0.2, 0.25) is 0 Å². The summed E-state index contributed by atoms with van der Waals surface area (Å²) in [5.41, 5.74) is 5.69. The van der Waals surface area contributed by atoms with Crippen LogP contribution in [0.1, 0.15) is 31.4 Å². The van der Waals surface area contributed by atoms with Crippen molar-refractivity contribution < 1.29 is 14.3 Å². The second-order valence-electron chi connectivity index (χ2n) is 5.54. The first-order chi connectivity index (χ1) is 11.1. The van der Waals surface area contributed by atoms with E-state index in [0.29, 0.717) is 37.7 Å². The maximum Gasteiger partial charge on any atom is 0.231 e.